The first-order valence-electron chi connectivity index (χ1n) is 6.53. The molecular formula is C13H23NO4. The number of methoxy groups -OCH3 is 1. The van der Waals surface area contributed by atoms with Gasteiger partial charge in [-0.15, -0.1) is 0 Å². The molecule has 0 aromatic heterocycles. The summed E-state index contributed by atoms with van der Waals surface area (Å²) in [5, 5.41) is 12.1. The molecule has 0 bridgehead atoms. The molecule has 1 aliphatic carbocycles. The third kappa shape index (κ3) is 3.98. The van der Waals surface area contributed by atoms with Crippen LogP contribution in [0.15, 0.2) is 0 Å². The van der Waals surface area contributed by atoms with Gasteiger partial charge in [0, 0.05) is 20.1 Å². The number of amides is 1. The topological polar surface area (TPSA) is 75.6 Å². The molecule has 0 unspecified atom stereocenters. The Morgan fingerprint density at radius 3 is 2.50 bits per heavy atom. The van der Waals surface area contributed by atoms with Gasteiger partial charge in [0.05, 0.1) is 0 Å². The lowest BCUT2D eigenvalue weighted by atomic mass is 9.77. The number of aliphatic carboxylic acids is 1. The highest BCUT2D eigenvalue weighted by atomic mass is 16.5. The van der Waals surface area contributed by atoms with Crippen LogP contribution in [0.5, 0.6) is 0 Å². The molecule has 2 N–H and O–H groups in total. The number of carbonyl (C=O) groups is 2. The lowest BCUT2D eigenvalue weighted by Crippen LogP contribution is -2.56. The third-order valence-corrected chi connectivity index (χ3v) is 3.67. The van der Waals surface area contributed by atoms with Gasteiger partial charge < -0.3 is 15.2 Å². The lowest BCUT2D eigenvalue weighted by Gasteiger charge is -2.36. The van der Waals surface area contributed by atoms with Gasteiger partial charge in [0.2, 0.25) is 5.91 Å². The first kappa shape index (κ1) is 15.0. The SMILES string of the molecule is COCCCC(=O)NC1(C(=O)O)CCC(C)CC1. The molecule has 1 rings (SSSR count). The van der Waals surface area contributed by atoms with Crippen LogP contribution in [0, 0.1) is 5.92 Å². The van der Waals surface area contributed by atoms with E-state index in [-0.39, 0.29) is 5.91 Å². The van der Waals surface area contributed by atoms with Gasteiger partial charge in [0.1, 0.15) is 5.54 Å². The molecule has 5 heteroatoms. The summed E-state index contributed by atoms with van der Waals surface area (Å²) >= 11 is 0. The fourth-order valence-corrected chi connectivity index (χ4v) is 2.35. The first-order chi connectivity index (χ1) is 8.50. The third-order valence-electron chi connectivity index (χ3n) is 3.67. The quantitative estimate of drug-likeness (QED) is 0.708. The Hall–Kier alpha value is -1.10. The molecule has 1 amide bonds. The summed E-state index contributed by atoms with van der Waals surface area (Å²) in [4.78, 5) is 23.2. The summed E-state index contributed by atoms with van der Waals surface area (Å²) in [6.45, 7) is 2.64. The van der Waals surface area contributed by atoms with Crippen LogP contribution >= 0.6 is 0 Å². The lowest BCUT2D eigenvalue weighted by molar-refractivity contribution is -0.149. The van der Waals surface area contributed by atoms with Crippen LogP contribution in [0.1, 0.15) is 45.4 Å². The Labute approximate surface area is 108 Å². The zero-order valence-electron chi connectivity index (χ0n) is 11.2. The van der Waals surface area contributed by atoms with Crippen LogP contribution in [0.2, 0.25) is 0 Å². The number of carboxylic acid groups (broad SMARTS) is 1. The summed E-state index contributed by atoms with van der Waals surface area (Å²) < 4.78 is 4.87. The van der Waals surface area contributed by atoms with Crippen LogP contribution < -0.4 is 5.32 Å². The molecule has 18 heavy (non-hydrogen) atoms. The molecule has 0 spiro atoms. The highest BCUT2D eigenvalue weighted by Crippen LogP contribution is 2.32. The average molecular weight is 257 g/mol. The molecule has 0 aromatic carbocycles. The van der Waals surface area contributed by atoms with Gasteiger partial charge >= 0.3 is 5.97 Å². The monoisotopic (exact) mass is 257 g/mol. The Bertz CT molecular complexity index is 295. The Morgan fingerprint density at radius 2 is 2.00 bits per heavy atom. The minimum Gasteiger partial charge on any atom is -0.480 e. The van der Waals surface area contributed by atoms with Crippen molar-refractivity contribution < 1.29 is 19.4 Å². The van der Waals surface area contributed by atoms with Gasteiger partial charge in [-0.25, -0.2) is 4.79 Å². The smallest absolute Gasteiger partial charge is 0.329 e. The van der Waals surface area contributed by atoms with E-state index >= 15 is 0 Å². The van der Waals surface area contributed by atoms with Crippen molar-refractivity contribution in [1.29, 1.82) is 0 Å². The molecule has 104 valence electrons. The maximum atomic E-state index is 11.7. The van der Waals surface area contributed by atoms with Gasteiger partial charge in [-0.3, -0.25) is 4.79 Å². The molecule has 1 fully saturated rings. The molecule has 0 atom stereocenters. The van der Waals surface area contributed by atoms with Crippen LogP contribution in [0.3, 0.4) is 0 Å². The van der Waals surface area contributed by atoms with Crippen molar-refractivity contribution in [3.05, 3.63) is 0 Å². The van der Waals surface area contributed by atoms with Crippen molar-refractivity contribution in [2.45, 2.75) is 51.0 Å². The van der Waals surface area contributed by atoms with Gasteiger partial charge in [-0.2, -0.15) is 0 Å². The molecule has 0 radical (unpaired) electrons. The van der Waals surface area contributed by atoms with Crippen molar-refractivity contribution in [2.24, 2.45) is 5.92 Å². The predicted molar refractivity (Wildman–Crippen MR) is 67.3 cm³/mol. The van der Waals surface area contributed by atoms with E-state index in [1.54, 1.807) is 7.11 Å². The molecule has 1 aliphatic rings. The second kappa shape index (κ2) is 6.73. The Kier molecular flexibility index (Phi) is 5.59. The van der Waals surface area contributed by atoms with E-state index in [4.69, 9.17) is 4.74 Å². The van der Waals surface area contributed by atoms with Crippen LogP contribution in [0.25, 0.3) is 0 Å². The predicted octanol–water partition coefficient (Wildman–Crippen LogP) is 1.56. The molecule has 0 aromatic rings. The number of carboxylic acids is 1. The van der Waals surface area contributed by atoms with Gasteiger partial charge in [0.15, 0.2) is 0 Å². The Balaban J connectivity index is 2.52. The van der Waals surface area contributed by atoms with Crippen molar-refractivity contribution in [3.63, 3.8) is 0 Å². The minimum atomic E-state index is -1.04. The Morgan fingerprint density at radius 1 is 1.39 bits per heavy atom. The van der Waals surface area contributed by atoms with Crippen LogP contribution in [-0.2, 0) is 14.3 Å². The zero-order valence-corrected chi connectivity index (χ0v) is 11.2. The van der Waals surface area contributed by atoms with E-state index < -0.39 is 11.5 Å². The van der Waals surface area contributed by atoms with Crippen molar-refractivity contribution in [3.8, 4) is 0 Å². The fourth-order valence-electron chi connectivity index (χ4n) is 2.35. The number of ether oxygens (including phenoxy) is 1. The molecule has 0 saturated heterocycles. The van der Waals surface area contributed by atoms with E-state index in [0.29, 0.717) is 38.2 Å². The number of nitrogens with one attached hydrogen (secondary N) is 1. The van der Waals surface area contributed by atoms with Gasteiger partial charge in [-0.05, 0) is 38.0 Å². The maximum absolute atomic E-state index is 11.7. The van der Waals surface area contributed by atoms with Gasteiger partial charge in [-0.1, -0.05) is 6.92 Å². The molecule has 0 aliphatic heterocycles. The van der Waals surface area contributed by atoms with E-state index in [0.717, 1.165) is 12.8 Å². The van der Waals surface area contributed by atoms with Crippen molar-refractivity contribution in [1.82, 2.24) is 5.32 Å². The van der Waals surface area contributed by atoms with E-state index in [9.17, 15) is 14.7 Å². The van der Waals surface area contributed by atoms with E-state index in [1.165, 1.54) is 0 Å². The molecule has 5 nitrogen and oxygen atoms in total. The fraction of sp³-hybridized carbons (Fsp3) is 0.846. The number of hydrogen-bond donors (Lipinski definition) is 2. The second-order valence-corrected chi connectivity index (χ2v) is 5.21. The summed E-state index contributed by atoms with van der Waals surface area (Å²) in [5.74, 6) is -0.554. The van der Waals surface area contributed by atoms with Crippen LogP contribution in [-0.4, -0.2) is 36.2 Å². The normalized spacial score (nSPS) is 27.8. The summed E-state index contributed by atoms with van der Waals surface area (Å²) in [5.41, 5.74) is -1.04. The number of carbonyl (C=O) groups excluding carboxylic acids is 1. The average Bonchev–Trinajstić information content (AvgIpc) is 2.32. The second-order valence-electron chi connectivity index (χ2n) is 5.21. The summed E-state index contributed by atoms with van der Waals surface area (Å²) in [6, 6.07) is 0. The largest absolute Gasteiger partial charge is 0.480 e. The maximum Gasteiger partial charge on any atom is 0.329 e. The van der Waals surface area contributed by atoms with Crippen molar-refractivity contribution >= 4 is 11.9 Å². The highest BCUT2D eigenvalue weighted by Gasteiger charge is 2.42. The standard InChI is InChI=1S/C13H23NO4/c1-10-5-7-13(8-6-10,12(16)17)14-11(15)4-3-9-18-2/h10H,3-9H2,1-2H3,(H,14,15)(H,16,17). The summed E-state index contributed by atoms with van der Waals surface area (Å²) in [6.07, 6.45) is 3.70. The highest BCUT2D eigenvalue weighted by molar-refractivity contribution is 5.87. The number of rotatable bonds is 6. The van der Waals surface area contributed by atoms with E-state index in [2.05, 4.69) is 12.2 Å². The molecule has 1 saturated carbocycles. The minimum absolute atomic E-state index is 0.191. The molecular weight excluding hydrogens is 234 g/mol. The van der Waals surface area contributed by atoms with Crippen molar-refractivity contribution in [2.75, 3.05) is 13.7 Å². The molecule has 0 heterocycles. The van der Waals surface area contributed by atoms with E-state index in [1.807, 2.05) is 0 Å². The zero-order chi connectivity index (χ0) is 13.6. The van der Waals surface area contributed by atoms with Gasteiger partial charge in [0.25, 0.3) is 0 Å². The number of hydrogen-bond acceptors (Lipinski definition) is 3. The first-order valence-corrected chi connectivity index (χ1v) is 6.53. The summed E-state index contributed by atoms with van der Waals surface area (Å²) in [7, 11) is 1.58. The van der Waals surface area contributed by atoms with Crippen LogP contribution in [0.4, 0.5) is 0 Å².